The topological polar surface area (TPSA) is 48.7 Å². The van der Waals surface area contributed by atoms with Crippen LogP contribution in [0, 0.1) is 17.1 Å². The second-order valence-electron chi connectivity index (χ2n) is 3.62. The highest BCUT2D eigenvalue weighted by Crippen LogP contribution is 2.17. The van der Waals surface area contributed by atoms with Crippen LogP contribution in [0.25, 0.3) is 0 Å². The number of aromatic nitrogens is 1. The lowest BCUT2D eigenvalue weighted by Crippen LogP contribution is -2.03. The number of halogens is 2. The van der Waals surface area contributed by atoms with E-state index in [1.165, 1.54) is 12.1 Å². The zero-order valence-corrected chi connectivity index (χ0v) is 10.9. The van der Waals surface area contributed by atoms with Gasteiger partial charge < -0.3 is 5.32 Å². The van der Waals surface area contributed by atoms with Crippen LogP contribution in [0.5, 0.6) is 0 Å². The van der Waals surface area contributed by atoms with Gasteiger partial charge in [-0.25, -0.2) is 4.39 Å². The molecule has 0 radical (unpaired) electrons. The third-order valence-corrected chi connectivity index (χ3v) is 2.82. The van der Waals surface area contributed by atoms with Gasteiger partial charge in [-0.3, -0.25) is 4.98 Å². The summed E-state index contributed by atoms with van der Waals surface area (Å²) in [5.74, 6) is -0.418. The van der Waals surface area contributed by atoms with Crippen molar-refractivity contribution in [2.45, 2.75) is 6.54 Å². The minimum absolute atomic E-state index is 0.284. The molecule has 0 fully saturated rings. The van der Waals surface area contributed by atoms with Gasteiger partial charge >= 0.3 is 0 Å². The molecule has 0 spiro atoms. The highest BCUT2D eigenvalue weighted by molar-refractivity contribution is 9.10. The molecule has 1 N–H and O–H groups in total. The molecule has 0 aliphatic heterocycles. The van der Waals surface area contributed by atoms with Crippen LogP contribution >= 0.6 is 15.9 Å². The number of nitrogens with one attached hydrogen (secondary N) is 1. The summed E-state index contributed by atoms with van der Waals surface area (Å²) < 4.78 is 13.9. The van der Waals surface area contributed by atoms with E-state index in [9.17, 15) is 4.39 Å². The molecular formula is C13H9BrFN3. The number of rotatable bonds is 3. The number of pyridine rings is 1. The molecule has 2 rings (SSSR count). The molecule has 1 aromatic heterocycles. The van der Waals surface area contributed by atoms with Gasteiger partial charge in [-0.1, -0.05) is 0 Å². The lowest BCUT2D eigenvalue weighted by molar-refractivity contribution is 0.627. The zero-order valence-electron chi connectivity index (χ0n) is 9.32. The van der Waals surface area contributed by atoms with Crippen molar-refractivity contribution in [1.29, 1.82) is 5.26 Å². The van der Waals surface area contributed by atoms with Crippen LogP contribution < -0.4 is 5.32 Å². The van der Waals surface area contributed by atoms with Gasteiger partial charge in [0.2, 0.25) is 0 Å². The van der Waals surface area contributed by atoms with Crippen molar-refractivity contribution < 1.29 is 4.39 Å². The predicted molar refractivity (Wildman–Crippen MR) is 70.4 cm³/mol. The highest BCUT2D eigenvalue weighted by atomic mass is 79.9. The second kappa shape index (κ2) is 5.61. The Kier molecular flexibility index (Phi) is 3.90. The summed E-state index contributed by atoms with van der Waals surface area (Å²) in [4.78, 5) is 4.20. The van der Waals surface area contributed by atoms with Crippen LogP contribution in [0.1, 0.15) is 11.3 Å². The number of hydrogen-bond donors (Lipinski definition) is 1. The van der Waals surface area contributed by atoms with E-state index < -0.39 is 5.82 Å². The molecule has 0 saturated carbocycles. The van der Waals surface area contributed by atoms with Crippen molar-refractivity contribution in [1.82, 2.24) is 4.98 Å². The van der Waals surface area contributed by atoms with Gasteiger partial charge in [0.25, 0.3) is 0 Å². The normalized spacial score (nSPS) is 9.83. The van der Waals surface area contributed by atoms with E-state index in [0.717, 1.165) is 10.2 Å². The van der Waals surface area contributed by atoms with E-state index in [4.69, 9.17) is 5.26 Å². The molecule has 0 atom stereocenters. The van der Waals surface area contributed by atoms with Crippen molar-refractivity contribution in [3.8, 4) is 6.07 Å². The summed E-state index contributed by atoms with van der Waals surface area (Å²) in [6, 6.07) is 9.78. The zero-order chi connectivity index (χ0) is 13.0. The molecule has 1 heterocycles. The molecule has 3 nitrogen and oxygen atoms in total. The fourth-order valence-electron chi connectivity index (χ4n) is 1.46. The Morgan fingerprint density at radius 3 is 2.83 bits per heavy atom. The Balaban J connectivity index is 2.11. The van der Waals surface area contributed by atoms with E-state index in [1.807, 2.05) is 18.2 Å². The fraction of sp³-hybridized carbons (Fsp3) is 0.0769. The maximum absolute atomic E-state index is 12.9. The van der Waals surface area contributed by atoms with Crippen LogP contribution in [-0.4, -0.2) is 4.98 Å². The van der Waals surface area contributed by atoms with Crippen LogP contribution in [0.15, 0.2) is 41.0 Å². The molecule has 0 saturated heterocycles. The lowest BCUT2D eigenvalue weighted by atomic mass is 10.2. The highest BCUT2D eigenvalue weighted by Gasteiger charge is 2.03. The first kappa shape index (κ1) is 12.5. The number of hydrogen-bond acceptors (Lipinski definition) is 3. The average molecular weight is 306 g/mol. The molecule has 1 aromatic carbocycles. The average Bonchev–Trinajstić information content (AvgIpc) is 2.39. The van der Waals surface area contributed by atoms with Gasteiger partial charge in [-0.05, 0) is 46.3 Å². The van der Waals surface area contributed by atoms with Gasteiger partial charge in [0.15, 0.2) is 0 Å². The molecular weight excluding hydrogens is 297 g/mol. The lowest BCUT2D eigenvalue weighted by Gasteiger charge is -2.07. The van der Waals surface area contributed by atoms with Crippen molar-refractivity contribution in [2.75, 3.05) is 5.32 Å². The molecule has 0 amide bonds. The Morgan fingerprint density at radius 2 is 2.17 bits per heavy atom. The smallest absolute Gasteiger partial charge is 0.124 e. The third kappa shape index (κ3) is 3.05. The Hall–Kier alpha value is -1.93. The molecule has 2 aromatic rings. The quantitative estimate of drug-likeness (QED) is 0.944. The van der Waals surface area contributed by atoms with Crippen molar-refractivity contribution in [2.24, 2.45) is 0 Å². The summed E-state index contributed by atoms with van der Waals surface area (Å²) in [6.07, 6.45) is 1.70. The Morgan fingerprint density at radius 1 is 1.33 bits per heavy atom. The summed E-state index contributed by atoms with van der Waals surface area (Å²) in [6.45, 7) is 0.480. The minimum atomic E-state index is -0.418. The van der Waals surface area contributed by atoms with E-state index in [1.54, 1.807) is 12.3 Å². The summed E-state index contributed by atoms with van der Waals surface area (Å²) in [5.41, 5.74) is 1.72. The number of nitriles is 1. The van der Waals surface area contributed by atoms with E-state index in [-0.39, 0.29) is 5.56 Å². The number of nitrogens with zero attached hydrogens (tertiary/aromatic N) is 2. The fourth-order valence-corrected chi connectivity index (χ4v) is 1.69. The minimum Gasteiger partial charge on any atom is -0.378 e. The molecule has 0 aliphatic carbocycles. The summed E-state index contributed by atoms with van der Waals surface area (Å²) in [5, 5.41) is 12.0. The number of anilines is 1. The summed E-state index contributed by atoms with van der Waals surface area (Å²) >= 11 is 3.30. The molecule has 0 unspecified atom stereocenters. The van der Waals surface area contributed by atoms with Crippen LogP contribution in [0.4, 0.5) is 10.1 Å². The van der Waals surface area contributed by atoms with Gasteiger partial charge in [0, 0.05) is 10.7 Å². The van der Waals surface area contributed by atoms with Gasteiger partial charge in [0.05, 0.1) is 23.5 Å². The van der Waals surface area contributed by atoms with Gasteiger partial charge in [0.1, 0.15) is 11.9 Å². The predicted octanol–water partition coefficient (Wildman–Crippen LogP) is 3.47. The third-order valence-electron chi connectivity index (χ3n) is 2.35. The van der Waals surface area contributed by atoms with Crippen LogP contribution in [-0.2, 0) is 6.54 Å². The maximum atomic E-state index is 12.9. The van der Waals surface area contributed by atoms with Crippen molar-refractivity contribution in [3.05, 3.63) is 58.1 Å². The van der Waals surface area contributed by atoms with Gasteiger partial charge in [-0.2, -0.15) is 5.26 Å². The summed E-state index contributed by atoms with van der Waals surface area (Å²) in [7, 11) is 0. The first-order valence-corrected chi connectivity index (χ1v) is 6.02. The first-order valence-electron chi connectivity index (χ1n) is 5.23. The molecule has 0 aliphatic rings. The molecule has 18 heavy (non-hydrogen) atoms. The molecule has 5 heteroatoms. The molecule has 90 valence electrons. The Bertz CT molecular complexity index is 590. The second-order valence-corrected chi connectivity index (χ2v) is 4.54. The van der Waals surface area contributed by atoms with Crippen LogP contribution in [0.3, 0.4) is 0 Å². The molecule has 0 bridgehead atoms. The standard InChI is InChI=1S/C13H9BrFN3/c14-10-1-3-12(17-7-10)8-18-13-4-2-11(15)5-9(13)6-16/h1-5,7,18H,8H2. The first-order chi connectivity index (χ1) is 8.69. The van der Waals surface area contributed by atoms with Gasteiger partial charge in [-0.15, -0.1) is 0 Å². The largest absolute Gasteiger partial charge is 0.378 e. The monoisotopic (exact) mass is 305 g/mol. The van der Waals surface area contributed by atoms with E-state index in [2.05, 4.69) is 26.2 Å². The van der Waals surface area contributed by atoms with Crippen molar-refractivity contribution >= 4 is 21.6 Å². The van der Waals surface area contributed by atoms with Crippen molar-refractivity contribution in [3.63, 3.8) is 0 Å². The maximum Gasteiger partial charge on any atom is 0.124 e. The van der Waals surface area contributed by atoms with E-state index in [0.29, 0.717) is 12.2 Å². The SMILES string of the molecule is N#Cc1cc(F)ccc1NCc1ccc(Br)cn1. The van der Waals surface area contributed by atoms with Crippen LogP contribution in [0.2, 0.25) is 0 Å². The van der Waals surface area contributed by atoms with E-state index >= 15 is 0 Å². The Labute approximate surface area is 112 Å². The number of benzene rings is 1.